The molecule has 0 spiro atoms. The Labute approximate surface area is 115 Å². The molecule has 0 saturated heterocycles. The number of aromatic nitrogens is 2. The minimum absolute atomic E-state index is 0.278. The molecule has 3 heteroatoms. The Hall–Kier alpha value is -2.81. The van der Waals surface area contributed by atoms with Crippen LogP contribution in [0.1, 0.15) is 0 Å². The number of H-pyrrole nitrogens is 1. The van der Waals surface area contributed by atoms with Gasteiger partial charge >= 0.3 is 0 Å². The van der Waals surface area contributed by atoms with E-state index in [-0.39, 0.29) is 5.75 Å². The molecule has 4 aromatic rings. The minimum atomic E-state index is 0.278. The van der Waals surface area contributed by atoms with Gasteiger partial charge in [-0.25, -0.2) is 4.98 Å². The largest absolute Gasteiger partial charge is 0.507 e. The Balaban J connectivity index is 2.06. The third-order valence-electron chi connectivity index (χ3n) is 3.55. The number of nitrogens with one attached hydrogen (secondary N) is 1. The van der Waals surface area contributed by atoms with Crippen LogP contribution in [0, 0.1) is 0 Å². The first-order valence-corrected chi connectivity index (χ1v) is 6.48. The maximum absolute atomic E-state index is 10.4. The highest BCUT2D eigenvalue weighted by atomic mass is 16.3. The molecule has 3 nitrogen and oxygen atoms in total. The topological polar surface area (TPSA) is 48.9 Å². The second-order valence-corrected chi connectivity index (χ2v) is 4.81. The van der Waals surface area contributed by atoms with Gasteiger partial charge in [0, 0.05) is 11.6 Å². The molecule has 0 atom stereocenters. The summed E-state index contributed by atoms with van der Waals surface area (Å²) in [5, 5.41) is 12.1. The lowest BCUT2D eigenvalue weighted by molar-refractivity contribution is 0.482. The highest BCUT2D eigenvalue weighted by Gasteiger charge is 2.11. The van der Waals surface area contributed by atoms with E-state index < -0.39 is 0 Å². The summed E-state index contributed by atoms with van der Waals surface area (Å²) in [6.07, 6.45) is 1.74. The molecule has 2 aromatic carbocycles. The molecule has 2 N–H and O–H groups in total. The van der Waals surface area contributed by atoms with Gasteiger partial charge in [0.15, 0.2) is 0 Å². The number of rotatable bonds is 1. The summed E-state index contributed by atoms with van der Waals surface area (Å²) in [6, 6.07) is 17.7. The van der Waals surface area contributed by atoms with Gasteiger partial charge in [0.05, 0.1) is 10.9 Å². The maximum atomic E-state index is 10.4. The summed E-state index contributed by atoms with van der Waals surface area (Å²) in [5.74, 6) is 0.278. The molecule has 20 heavy (non-hydrogen) atoms. The van der Waals surface area contributed by atoms with Crippen molar-refractivity contribution >= 4 is 21.9 Å². The van der Waals surface area contributed by atoms with Gasteiger partial charge < -0.3 is 10.1 Å². The number of phenolic OH excluding ortho intramolecular Hbond substituents is 1. The van der Waals surface area contributed by atoms with E-state index in [0.29, 0.717) is 0 Å². The zero-order valence-electron chi connectivity index (χ0n) is 10.7. The molecule has 2 aromatic heterocycles. The second-order valence-electron chi connectivity index (χ2n) is 4.81. The van der Waals surface area contributed by atoms with Crippen LogP contribution in [0.15, 0.2) is 60.8 Å². The van der Waals surface area contributed by atoms with Crippen molar-refractivity contribution in [3.63, 3.8) is 0 Å². The summed E-state index contributed by atoms with van der Waals surface area (Å²) in [4.78, 5) is 7.55. The molecule has 0 saturated carbocycles. The van der Waals surface area contributed by atoms with Gasteiger partial charge in [0.2, 0.25) is 0 Å². The quantitative estimate of drug-likeness (QED) is 0.541. The maximum Gasteiger partial charge on any atom is 0.138 e. The molecule has 0 aliphatic heterocycles. The van der Waals surface area contributed by atoms with Crippen molar-refractivity contribution in [1.29, 1.82) is 0 Å². The number of pyridine rings is 1. The van der Waals surface area contributed by atoms with Gasteiger partial charge in [0.1, 0.15) is 11.4 Å². The molecule has 2 heterocycles. The first kappa shape index (κ1) is 11.1. The van der Waals surface area contributed by atoms with E-state index in [1.807, 2.05) is 48.5 Å². The Morgan fingerprint density at radius 3 is 2.60 bits per heavy atom. The number of nitrogens with zero attached hydrogens (tertiary/aromatic N) is 1. The third kappa shape index (κ3) is 1.57. The van der Waals surface area contributed by atoms with Crippen molar-refractivity contribution in [1.82, 2.24) is 9.97 Å². The van der Waals surface area contributed by atoms with Crippen molar-refractivity contribution in [2.45, 2.75) is 0 Å². The van der Waals surface area contributed by atoms with Crippen molar-refractivity contribution in [2.75, 3.05) is 0 Å². The Bertz CT molecular complexity index is 910. The van der Waals surface area contributed by atoms with Crippen molar-refractivity contribution in [3.05, 3.63) is 60.8 Å². The predicted molar refractivity (Wildman–Crippen MR) is 80.7 cm³/mol. The van der Waals surface area contributed by atoms with Crippen molar-refractivity contribution < 1.29 is 5.11 Å². The molecule has 0 fully saturated rings. The monoisotopic (exact) mass is 260 g/mol. The molecule has 0 bridgehead atoms. The molecular weight excluding hydrogens is 248 g/mol. The summed E-state index contributed by atoms with van der Waals surface area (Å²) in [7, 11) is 0. The smallest absolute Gasteiger partial charge is 0.138 e. The van der Waals surface area contributed by atoms with Crippen LogP contribution in [-0.2, 0) is 0 Å². The fourth-order valence-electron chi connectivity index (χ4n) is 2.64. The Morgan fingerprint density at radius 1 is 0.900 bits per heavy atom. The van der Waals surface area contributed by atoms with Crippen molar-refractivity contribution in [3.8, 4) is 16.9 Å². The fourth-order valence-corrected chi connectivity index (χ4v) is 2.64. The Kier molecular flexibility index (Phi) is 2.27. The zero-order valence-corrected chi connectivity index (χ0v) is 10.7. The lowest BCUT2D eigenvalue weighted by Gasteiger charge is -2.04. The highest BCUT2D eigenvalue weighted by Crippen LogP contribution is 2.35. The minimum Gasteiger partial charge on any atom is -0.507 e. The van der Waals surface area contributed by atoms with Gasteiger partial charge in [-0.2, -0.15) is 0 Å². The van der Waals surface area contributed by atoms with Crippen LogP contribution in [0.4, 0.5) is 0 Å². The van der Waals surface area contributed by atoms with E-state index in [0.717, 1.165) is 33.1 Å². The third-order valence-corrected chi connectivity index (χ3v) is 3.55. The number of fused-ring (bicyclic) bond motifs is 3. The molecule has 96 valence electrons. The van der Waals surface area contributed by atoms with Gasteiger partial charge in [-0.15, -0.1) is 0 Å². The second kappa shape index (κ2) is 4.10. The van der Waals surface area contributed by atoms with E-state index in [2.05, 4.69) is 9.97 Å². The standard InChI is InChI=1S/C17H12N2O/c20-15-10-12(11-5-2-1-3-6-11)9-14-16(15)13-7-4-8-18-17(13)19-14/h1-10,20H,(H,18,19). The number of aromatic hydroxyl groups is 1. The van der Waals surface area contributed by atoms with Crippen LogP contribution >= 0.6 is 0 Å². The normalized spacial score (nSPS) is 11.2. The lowest BCUT2D eigenvalue weighted by atomic mass is 10.0. The van der Waals surface area contributed by atoms with E-state index in [1.165, 1.54) is 0 Å². The van der Waals surface area contributed by atoms with Gasteiger partial charge in [-0.3, -0.25) is 0 Å². The predicted octanol–water partition coefficient (Wildman–Crippen LogP) is 4.09. The highest BCUT2D eigenvalue weighted by molar-refractivity contribution is 6.10. The number of aromatic amines is 1. The number of phenols is 1. The molecule has 0 unspecified atom stereocenters. The molecule has 0 amide bonds. The van der Waals surface area contributed by atoms with Crippen LogP contribution in [-0.4, -0.2) is 15.1 Å². The van der Waals surface area contributed by atoms with Gasteiger partial charge in [-0.1, -0.05) is 30.3 Å². The summed E-state index contributed by atoms with van der Waals surface area (Å²) in [5.41, 5.74) is 3.76. The Morgan fingerprint density at radius 2 is 1.75 bits per heavy atom. The molecular formula is C17H12N2O. The summed E-state index contributed by atoms with van der Waals surface area (Å²) >= 11 is 0. The van der Waals surface area contributed by atoms with E-state index in [4.69, 9.17) is 0 Å². The average Bonchev–Trinajstić information content (AvgIpc) is 2.87. The fraction of sp³-hybridized carbons (Fsp3) is 0. The number of hydrogen-bond acceptors (Lipinski definition) is 2. The van der Waals surface area contributed by atoms with Crippen LogP contribution in [0.25, 0.3) is 33.1 Å². The summed E-state index contributed by atoms with van der Waals surface area (Å²) < 4.78 is 0. The molecule has 0 aliphatic carbocycles. The SMILES string of the molecule is Oc1cc(-c2ccccc2)cc2[nH]c3ncccc3c12. The van der Waals surface area contributed by atoms with E-state index >= 15 is 0 Å². The number of hydrogen-bond donors (Lipinski definition) is 2. The summed E-state index contributed by atoms with van der Waals surface area (Å²) in [6.45, 7) is 0. The zero-order chi connectivity index (χ0) is 13.5. The number of benzene rings is 2. The van der Waals surface area contributed by atoms with Crippen molar-refractivity contribution in [2.24, 2.45) is 0 Å². The average molecular weight is 260 g/mol. The van der Waals surface area contributed by atoms with Gasteiger partial charge in [-0.05, 0) is 35.4 Å². The molecule has 0 radical (unpaired) electrons. The van der Waals surface area contributed by atoms with Gasteiger partial charge in [0.25, 0.3) is 0 Å². The van der Waals surface area contributed by atoms with Crippen LogP contribution in [0.2, 0.25) is 0 Å². The lowest BCUT2D eigenvalue weighted by Crippen LogP contribution is -1.78. The van der Waals surface area contributed by atoms with E-state index in [1.54, 1.807) is 12.3 Å². The van der Waals surface area contributed by atoms with Crippen LogP contribution in [0.5, 0.6) is 5.75 Å². The first-order valence-electron chi connectivity index (χ1n) is 6.48. The molecule has 4 rings (SSSR count). The van der Waals surface area contributed by atoms with Crippen LogP contribution in [0.3, 0.4) is 0 Å². The first-order chi connectivity index (χ1) is 9.83. The van der Waals surface area contributed by atoms with Crippen LogP contribution < -0.4 is 0 Å². The van der Waals surface area contributed by atoms with E-state index in [9.17, 15) is 5.11 Å². The molecule has 0 aliphatic rings.